The lowest BCUT2D eigenvalue weighted by molar-refractivity contribution is -0.109. The Hall–Kier alpha value is -2.44. The molecule has 0 aromatic heterocycles. The van der Waals surface area contributed by atoms with Gasteiger partial charge in [-0.1, -0.05) is 42.5 Å². The molecule has 2 rings (SSSR count). The molecule has 2 aromatic carbocycles. The summed E-state index contributed by atoms with van der Waals surface area (Å²) in [6.45, 7) is 0.713. The molecule has 0 saturated heterocycles. The van der Waals surface area contributed by atoms with Crippen LogP contribution in [0.15, 0.2) is 54.6 Å². The normalized spacial score (nSPS) is 11.6. The van der Waals surface area contributed by atoms with Gasteiger partial charge in [-0.3, -0.25) is 0 Å². The van der Waals surface area contributed by atoms with Gasteiger partial charge in [-0.05, 0) is 29.7 Å². The van der Waals surface area contributed by atoms with Gasteiger partial charge >= 0.3 is 0 Å². The third-order valence-corrected chi connectivity index (χ3v) is 3.16. The maximum Gasteiger partial charge on any atom is 0.141 e. The zero-order valence-corrected chi connectivity index (χ0v) is 11.1. The largest absolute Gasteiger partial charge is 0.304 e. The van der Waals surface area contributed by atoms with Crippen LogP contribution in [0.3, 0.4) is 0 Å². The number of aldehydes is 1. The van der Waals surface area contributed by atoms with Crippen LogP contribution >= 0.6 is 0 Å². The molecule has 1 unspecified atom stereocenters. The highest BCUT2D eigenvalue weighted by Gasteiger charge is 2.08. The maximum atomic E-state index is 11.1. The number of hydrogen-bond acceptors (Lipinski definition) is 3. The van der Waals surface area contributed by atoms with Gasteiger partial charge in [0.1, 0.15) is 6.29 Å². The molecule has 0 spiro atoms. The minimum atomic E-state index is -0.269. The quantitative estimate of drug-likeness (QED) is 0.816. The number of nitrogens with one attached hydrogen (secondary N) is 1. The fourth-order valence-electron chi connectivity index (χ4n) is 2.02. The number of nitrogens with zero attached hydrogens (tertiary/aromatic N) is 1. The van der Waals surface area contributed by atoms with Crippen molar-refractivity contribution in [2.75, 3.05) is 6.54 Å². The minimum absolute atomic E-state index is 0.269. The van der Waals surface area contributed by atoms with Crippen molar-refractivity contribution in [1.29, 1.82) is 5.26 Å². The van der Waals surface area contributed by atoms with Gasteiger partial charge in [0.05, 0.1) is 17.7 Å². The second kappa shape index (κ2) is 7.22. The third kappa shape index (κ3) is 3.78. The molecule has 0 fully saturated rings. The van der Waals surface area contributed by atoms with Crippen LogP contribution in [0.2, 0.25) is 0 Å². The zero-order chi connectivity index (χ0) is 14.2. The van der Waals surface area contributed by atoms with Gasteiger partial charge in [0.15, 0.2) is 0 Å². The Labute approximate surface area is 118 Å². The van der Waals surface area contributed by atoms with E-state index in [1.807, 2.05) is 54.6 Å². The molecule has 0 aliphatic heterocycles. The summed E-state index contributed by atoms with van der Waals surface area (Å²) in [5.41, 5.74) is 2.79. The van der Waals surface area contributed by atoms with Crippen LogP contribution in [-0.4, -0.2) is 12.8 Å². The molecule has 2 aromatic rings. The van der Waals surface area contributed by atoms with Crippen molar-refractivity contribution in [1.82, 2.24) is 5.32 Å². The molecule has 1 N–H and O–H groups in total. The SMILES string of the molecule is N#Cc1ccc(CCNC(C=O)c2ccccc2)cc1. The Morgan fingerprint density at radius 1 is 1.10 bits per heavy atom. The first-order valence-electron chi connectivity index (χ1n) is 6.56. The summed E-state index contributed by atoms with van der Waals surface area (Å²) < 4.78 is 0. The Balaban J connectivity index is 1.88. The van der Waals surface area contributed by atoms with Crippen LogP contribution in [0, 0.1) is 11.3 Å². The van der Waals surface area contributed by atoms with Crippen molar-refractivity contribution in [2.45, 2.75) is 12.5 Å². The Kier molecular flexibility index (Phi) is 5.05. The van der Waals surface area contributed by atoms with E-state index in [9.17, 15) is 4.79 Å². The Bertz CT molecular complexity index is 585. The number of carbonyl (C=O) groups excluding carboxylic acids is 1. The fraction of sp³-hybridized carbons (Fsp3) is 0.176. The molecule has 20 heavy (non-hydrogen) atoms. The molecule has 0 amide bonds. The molecule has 1 atom stereocenters. The highest BCUT2D eigenvalue weighted by atomic mass is 16.1. The van der Waals surface area contributed by atoms with E-state index < -0.39 is 0 Å². The summed E-state index contributed by atoms with van der Waals surface area (Å²) in [6.07, 6.45) is 1.75. The summed E-state index contributed by atoms with van der Waals surface area (Å²) in [4.78, 5) is 11.1. The number of hydrogen-bond donors (Lipinski definition) is 1. The first kappa shape index (κ1) is 14.0. The molecule has 0 radical (unpaired) electrons. The monoisotopic (exact) mass is 264 g/mol. The van der Waals surface area contributed by atoms with Crippen molar-refractivity contribution in [3.8, 4) is 6.07 Å². The average molecular weight is 264 g/mol. The van der Waals surface area contributed by atoms with E-state index in [1.165, 1.54) is 0 Å². The topological polar surface area (TPSA) is 52.9 Å². The summed E-state index contributed by atoms with van der Waals surface area (Å²) in [5, 5.41) is 12.0. The predicted octanol–water partition coefficient (Wildman–Crippen LogP) is 2.63. The van der Waals surface area contributed by atoms with E-state index in [-0.39, 0.29) is 6.04 Å². The molecule has 0 saturated carbocycles. The second-order valence-electron chi connectivity index (χ2n) is 4.54. The van der Waals surface area contributed by atoms with Crippen LogP contribution in [0.4, 0.5) is 0 Å². The van der Waals surface area contributed by atoms with E-state index in [4.69, 9.17) is 5.26 Å². The highest BCUT2D eigenvalue weighted by molar-refractivity contribution is 5.61. The van der Waals surface area contributed by atoms with Crippen LogP contribution < -0.4 is 5.32 Å². The van der Waals surface area contributed by atoms with Gasteiger partial charge in [-0.25, -0.2) is 0 Å². The molecular weight excluding hydrogens is 248 g/mol. The van der Waals surface area contributed by atoms with E-state index in [2.05, 4.69) is 11.4 Å². The first-order chi connectivity index (χ1) is 9.83. The van der Waals surface area contributed by atoms with Crippen molar-refractivity contribution in [2.24, 2.45) is 0 Å². The van der Waals surface area contributed by atoms with Gasteiger partial charge in [-0.15, -0.1) is 0 Å². The lowest BCUT2D eigenvalue weighted by atomic mass is 10.1. The van der Waals surface area contributed by atoms with Gasteiger partial charge < -0.3 is 10.1 Å². The molecule has 3 heteroatoms. The zero-order valence-electron chi connectivity index (χ0n) is 11.1. The third-order valence-electron chi connectivity index (χ3n) is 3.16. The predicted molar refractivity (Wildman–Crippen MR) is 78.1 cm³/mol. The van der Waals surface area contributed by atoms with E-state index in [1.54, 1.807) is 0 Å². The molecule has 0 bridgehead atoms. The minimum Gasteiger partial charge on any atom is -0.304 e. The van der Waals surface area contributed by atoms with Gasteiger partial charge in [0, 0.05) is 6.54 Å². The lowest BCUT2D eigenvalue weighted by Gasteiger charge is -2.12. The smallest absolute Gasteiger partial charge is 0.141 e. The van der Waals surface area contributed by atoms with Crippen molar-refractivity contribution in [3.05, 3.63) is 71.3 Å². The molecule has 0 aliphatic rings. The van der Waals surface area contributed by atoms with Crippen molar-refractivity contribution in [3.63, 3.8) is 0 Å². The van der Waals surface area contributed by atoms with Crippen LogP contribution in [-0.2, 0) is 11.2 Å². The standard InChI is InChI=1S/C17H16N2O/c18-12-15-8-6-14(7-9-15)10-11-19-17(13-20)16-4-2-1-3-5-16/h1-9,13,17,19H,10-11H2. The highest BCUT2D eigenvalue weighted by Crippen LogP contribution is 2.10. The van der Waals surface area contributed by atoms with E-state index in [0.29, 0.717) is 12.1 Å². The lowest BCUT2D eigenvalue weighted by Crippen LogP contribution is -2.24. The average Bonchev–Trinajstić information content (AvgIpc) is 2.53. The molecular formula is C17H16N2O. The second-order valence-corrected chi connectivity index (χ2v) is 4.54. The number of rotatable bonds is 6. The summed E-state index contributed by atoms with van der Waals surface area (Å²) in [6, 6.07) is 19.0. The first-order valence-corrected chi connectivity index (χ1v) is 6.56. The van der Waals surface area contributed by atoms with E-state index in [0.717, 1.165) is 23.8 Å². The van der Waals surface area contributed by atoms with Crippen LogP contribution in [0.25, 0.3) is 0 Å². The molecule has 100 valence electrons. The van der Waals surface area contributed by atoms with Gasteiger partial charge in [0.2, 0.25) is 0 Å². The Morgan fingerprint density at radius 2 is 1.80 bits per heavy atom. The van der Waals surface area contributed by atoms with Gasteiger partial charge in [-0.2, -0.15) is 5.26 Å². The number of benzene rings is 2. The van der Waals surface area contributed by atoms with E-state index >= 15 is 0 Å². The Morgan fingerprint density at radius 3 is 2.40 bits per heavy atom. The summed E-state index contributed by atoms with van der Waals surface area (Å²) in [7, 11) is 0. The summed E-state index contributed by atoms with van der Waals surface area (Å²) in [5.74, 6) is 0. The fourth-order valence-corrected chi connectivity index (χ4v) is 2.02. The number of carbonyl (C=O) groups is 1. The van der Waals surface area contributed by atoms with Crippen LogP contribution in [0.1, 0.15) is 22.7 Å². The summed E-state index contributed by atoms with van der Waals surface area (Å²) >= 11 is 0. The van der Waals surface area contributed by atoms with Crippen LogP contribution in [0.5, 0.6) is 0 Å². The van der Waals surface area contributed by atoms with Crippen molar-refractivity contribution >= 4 is 6.29 Å². The van der Waals surface area contributed by atoms with Crippen molar-refractivity contribution < 1.29 is 4.79 Å². The number of nitriles is 1. The van der Waals surface area contributed by atoms with Gasteiger partial charge in [0.25, 0.3) is 0 Å². The molecule has 3 nitrogen and oxygen atoms in total. The molecule has 0 aliphatic carbocycles. The maximum absolute atomic E-state index is 11.1. The molecule has 0 heterocycles.